The van der Waals surface area contributed by atoms with Gasteiger partial charge in [-0.3, -0.25) is 14.9 Å². The molecule has 1 N–H and O–H groups in total. The van der Waals surface area contributed by atoms with E-state index in [2.05, 4.69) is 44.1 Å². The van der Waals surface area contributed by atoms with Crippen molar-refractivity contribution in [2.75, 3.05) is 11.9 Å². The van der Waals surface area contributed by atoms with E-state index in [4.69, 9.17) is 4.74 Å². The molecule has 1 amide bonds. The van der Waals surface area contributed by atoms with Crippen molar-refractivity contribution < 1.29 is 14.5 Å². The maximum absolute atomic E-state index is 12.5. The Kier molecular flexibility index (Phi) is 11.1. The molecule has 2 aromatic carbocycles. The lowest BCUT2D eigenvalue weighted by Gasteiger charge is -2.11. The van der Waals surface area contributed by atoms with Crippen molar-refractivity contribution in [2.45, 2.75) is 45.4 Å². The van der Waals surface area contributed by atoms with Crippen molar-refractivity contribution in [1.29, 1.82) is 5.26 Å². The van der Waals surface area contributed by atoms with Crippen LogP contribution in [0.25, 0.3) is 6.08 Å². The molecular formula is C24H25Br2N3O4. The van der Waals surface area contributed by atoms with Crippen molar-refractivity contribution in [1.82, 2.24) is 0 Å². The lowest BCUT2D eigenvalue weighted by atomic mass is 10.1. The van der Waals surface area contributed by atoms with Gasteiger partial charge in [-0.25, -0.2) is 0 Å². The van der Waals surface area contributed by atoms with Gasteiger partial charge in [-0.05, 0) is 68.1 Å². The van der Waals surface area contributed by atoms with Gasteiger partial charge in [0, 0.05) is 17.8 Å². The molecule has 9 heteroatoms. The monoisotopic (exact) mass is 577 g/mol. The summed E-state index contributed by atoms with van der Waals surface area (Å²) in [6.07, 6.45) is 8.49. The maximum atomic E-state index is 12.5. The Hall–Kier alpha value is -2.70. The number of anilines is 1. The summed E-state index contributed by atoms with van der Waals surface area (Å²) in [5.74, 6) is 0.00825. The Bertz CT molecular complexity index is 1040. The van der Waals surface area contributed by atoms with E-state index in [-0.39, 0.29) is 16.9 Å². The number of benzene rings is 2. The van der Waals surface area contributed by atoms with Gasteiger partial charge in [0.05, 0.1) is 20.5 Å². The predicted molar refractivity (Wildman–Crippen MR) is 136 cm³/mol. The zero-order valence-electron chi connectivity index (χ0n) is 18.3. The van der Waals surface area contributed by atoms with E-state index in [0.29, 0.717) is 26.9 Å². The van der Waals surface area contributed by atoms with Gasteiger partial charge in [0.2, 0.25) is 0 Å². The number of hydrogen-bond acceptors (Lipinski definition) is 5. The molecule has 0 unspecified atom stereocenters. The number of rotatable bonds is 12. The minimum Gasteiger partial charge on any atom is -0.491 e. The van der Waals surface area contributed by atoms with Crippen LogP contribution in [0.1, 0.15) is 51.0 Å². The van der Waals surface area contributed by atoms with Crippen LogP contribution in [0.3, 0.4) is 0 Å². The molecule has 0 atom stereocenters. The van der Waals surface area contributed by atoms with Crippen molar-refractivity contribution >= 4 is 55.2 Å². The summed E-state index contributed by atoms with van der Waals surface area (Å²) in [6, 6.07) is 10.9. The summed E-state index contributed by atoms with van der Waals surface area (Å²) < 4.78 is 7.30. The molecule has 0 heterocycles. The number of non-ortho nitro benzene ring substituents is 1. The SMILES string of the molecule is CCCCCCCCOc1c(Br)cc(/C=C(/C#N)C(=O)Nc2cccc([N+](=O)[O-])c2)cc1Br. The quantitative estimate of drug-likeness (QED) is 0.0928. The second kappa shape index (κ2) is 13.8. The van der Waals surface area contributed by atoms with Crippen LogP contribution in [0, 0.1) is 21.4 Å². The molecular weight excluding hydrogens is 554 g/mol. The third-order valence-electron chi connectivity index (χ3n) is 4.76. The molecule has 0 radical (unpaired) electrons. The minimum absolute atomic E-state index is 0.138. The van der Waals surface area contributed by atoms with Crippen molar-refractivity contribution in [3.05, 3.63) is 66.6 Å². The van der Waals surface area contributed by atoms with Gasteiger partial charge in [-0.2, -0.15) is 5.26 Å². The third-order valence-corrected chi connectivity index (χ3v) is 5.93. The molecule has 2 aromatic rings. The van der Waals surface area contributed by atoms with Crippen LogP contribution in [-0.2, 0) is 4.79 Å². The Morgan fingerprint density at radius 2 is 1.82 bits per heavy atom. The van der Waals surface area contributed by atoms with Crippen LogP contribution in [0.4, 0.5) is 11.4 Å². The number of carbonyl (C=O) groups excluding carboxylic acids is 1. The summed E-state index contributed by atoms with van der Waals surface area (Å²) in [6.45, 7) is 2.80. The number of ether oxygens (including phenoxy) is 1. The Morgan fingerprint density at radius 3 is 2.45 bits per heavy atom. The Balaban J connectivity index is 2.05. The standard InChI is InChI=1S/C24H25Br2N3O4/c1-2-3-4-5-6-7-11-33-23-21(25)13-17(14-22(23)26)12-18(16-27)24(30)28-19-9-8-10-20(15-19)29(31)32/h8-10,12-15H,2-7,11H2,1H3,(H,28,30)/b18-12-. The largest absolute Gasteiger partial charge is 0.491 e. The molecule has 7 nitrogen and oxygen atoms in total. The van der Waals surface area contributed by atoms with Crippen molar-refractivity contribution in [2.24, 2.45) is 0 Å². The molecule has 2 rings (SSSR count). The van der Waals surface area contributed by atoms with Gasteiger partial charge in [0.25, 0.3) is 11.6 Å². The number of halogens is 2. The summed E-state index contributed by atoms with van der Waals surface area (Å²) >= 11 is 6.99. The fourth-order valence-electron chi connectivity index (χ4n) is 3.07. The zero-order chi connectivity index (χ0) is 24.2. The van der Waals surface area contributed by atoms with E-state index in [1.807, 2.05) is 6.07 Å². The van der Waals surface area contributed by atoms with Gasteiger partial charge in [0.1, 0.15) is 17.4 Å². The first-order valence-corrected chi connectivity index (χ1v) is 12.2. The van der Waals surface area contributed by atoms with E-state index in [0.717, 1.165) is 12.8 Å². The minimum atomic E-state index is -0.659. The molecule has 0 aliphatic rings. The predicted octanol–water partition coefficient (Wildman–Crippen LogP) is 7.40. The van der Waals surface area contributed by atoms with E-state index < -0.39 is 10.8 Å². The number of unbranched alkanes of at least 4 members (excludes halogenated alkanes) is 5. The second-order valence-electron chi connectivity index (χ2n) is 7.36. The van der Waals surface area contributed by atoms with Gasteiger partial charge < -0.3 is 10.1 Å². The van der Waals surface area contributed by atoms with Crippen LogP contribution >= 0.6 is 31.9 Å². The molecule has 0 fully saturated rings. The second-order valence-corrected chi connectivity index (χ2v) is 9.07. The molecule has 0 aliphatic heterocycles. The number of nitriles is 1. The lowest BCUT2D eigenvalue weighted by Crippen LogP contribution is -2.13. The fourth-order valence-corrected chi connectivity index (χ4v) is 4.52. The summed E-state index contributed by atoms with van der Waals surface area (Å²) in [7, 11) is 0. The number of hydrogen-bond donors (Lipinski definition) is 1. The molecule has 174 valence electrons. The highest BCUT2D eigenvalue weighted by molar-refractivity contribution is 9.11. The highest BCUT2D eigenvalue weighted by Crippen LogP contribution is 2.35. The first kappa shape index (κ1) is 26.6. The van der Waals surface area contributed by atoms with Crippen LogP contribution in [0.15, 0.2) is 50.9 Å². The van der Waals surface area contributed by atoms with E-state index in [1.54, 1.807) is 12.1 Å². The number of amides is 1. The molecule has 0 spiro atoms. The Labute approximate surface area is 210 Å². The fraction of sp³-hybridized carbons (Fsp3) is 0.333. The normalized spacial score (nSPS) is 11.0. The highest BCUT2D eigenvalue weighted by Gasteiger charge is 2.14. The maximum Gasteiger partial charge on any atom is 0.271 e. The highest BCUT2D eigenvalue weighted by atomic mass is 79.9. The molecule has 33 heavy (non-hydrogen) atoms. The van der Waals surface area contributed by atoms with Crippen LogP contribution in [-0.4, -0.2) is 17.4 Å². The summed E-state index contributed by atoms with van der Waals surface area (Å²) in [5.41, 5.74) is 0.559. The number of nitrogens with one attached hydrogen (secondary N) is 1. The Morgan fingerprint density at radius 1 is 1.15 bits per heavy atom. The molecule has 0 saturated carbocycles. The van der Waals surface area contributed by atoms with Gasteiger partial charge in [-0.1, -0.05) is 45.1 Å². The summed E-state index contributed by atoms with van der Waals surface area (Å²) in [4.78, 5) is 22.9. The average molecular weight is 579 g/mol. The van der Waals surface area contributed by atoms with Crippen LogP contribution < -0.4 is 10.1 Å². The number of nitrogens with zero attached hydrogens (tertiary/aromatic N) is 2. The van der Waals surface area contributed by atoms with E-state index >= 15 is 0 Å². The van der Waals surface area contributed by atoms with E-state index in [1.165, 1.54) is 56.0 Å². The van der Waals surface area contributed by atoms with Gasteiger partial charge >= 0.3 is 0 Å². The van der Waals surface area contributed by atoms with Crippen molar-refractivity contribution in [3.63, 3.8) is 0 Å². The molecule has 0 saturated heterocycles. The first-order chi connectivity index (χ1) is 15.8. The number of nitro groups is 1. The van der Waals surface area contributed by atoms with Crippen molar-refractivity contribution in [3.8, 4) is 11.8 Å². The topological polar surface area (TPSA) is 105 Å². The zero-order valence-corrected chi connectivity index (χ0v) is 21.4. The van der Waals surface area contributed by atoms with E-state index in [9.17, 15) is 20.2 Å². The molecule has 0 aliphatic carbocycles. The van der Waals surface area contributed by atoms with Crippen LogP contribution in [0.2, 0.25) is 0 Å². The molecule has 0 bridgehead atoms. The smallest absolute Gasteiger partial charge is 0.271 e. The van der Waals surface area contributed by atoms with Crippen LogP contribution in [0.5, 0.6) is 5.75 Å². The first-order valence-electron chi connectivity index (χ1n) is 10.6. The third kappa shape index (κ3) is 8.63. The average Bonchev–Trinajstić information content (AvgIpc) is 2.78. The number of nitro benzene ring substituents is 1. The number of carbonyl (C=O) groups is 1. The lowest BCUT2D eigenvalue weighted by molar-refractivity contribution is -0.384. The molecule has 0 aromatic heterocycles. The van der Waals surface area contributed by atoms with Gasteiger partial charge in [-0.15, -0.1) is 0 Å². The summed E-state index contributed by atoms with van der Waals surface area (Å²) in [5, 5.41) is 22.9. The van der Waals surface area contributed by atoms with Gasteiger partial charge in [0.15, 0.2) is 0 Å².